The lowest BCUT2D eigenvalue weighted by Gasteiger charge is -2.05. The first-order valence-electron chi connectivity index (χ1n) is 5.91. The molecule has 1 aromatic heterocycles. The van der Waals surface area contributed by atoms with Crippen LogP contribution in [0.15, 0.2) is 30.3 Å². The molecule has 2 aromatic rings. The summed E-state index contributed by atoms with van der Waals surface area (Å²) >= 11 is 0. The van der Waals surface area contributed by atoms with Gasteiger partial charge in [0.15, 0.2) is 5.75 Å². The molecule has 4 nitrogen and oxygen atoms in total. The summed E-state index contributed by atoms with van der Waals surface area (Å²) in [5, 5.41) is 19.9. The molecule has 1 heterocycles. The first-order chi connectivity index (χ1) is 8.65. The minimum atomic E-state index is -0.0414. The van der Waals surface area contributed by atoms with Crippen molar-refractivity contribution in [3.8, 4) is 17.5 Å². The number of ether oxygens (including phenoxy) is 1. The first-order valence-corrected chi connectivity index (χ1v) is 5.91. The number of rotatable bonds is 4. The van der Waals surface area contributed by atoms with Gasteiger partial charge in [-0.1, -0.05) is 30.3 Å². The standard InChI is InChI=1S/C14H17NO3/c1-3-18-12-11(13(16)15(2)14(12)17)9-10-7-5-4-6-8-10/h4-8,16-17H,3,9H2,1-2H3. The minimum Gasteiger partial charge on any atom is -0.494 e. The molecule has 0 bridgehead atoms. The molecule has 96 valence electrons. The number of hydrogen-bond acceptors (Lipinski definition) is 3. The number of nitrogens with zero attached hydrogens (tertiary/aromatic N) is 1. The van der Waals surface area contributed by atoms with Crippen molar-refractivity contribution in [2.45, 2.75) is 13.3 Å². The molecule has 4 heteroatoms. The molecule has 18 heavy (non-hydrogen) atoms. The first kappa shape index (κ1) is 12.4. The molecule has 0 fully saturated rings. The van der Waals surface area contributed by atoms with Crippen LogP contribution in [0.1, 0.15) is 18.1 Å². The molecule has 0 saturated heterocycles. The van der Waals surface area contributed by atoms with E-state index in [0.29, 0.717) is 24.3 Å². The van der Waals surface area contributed by atoms with Crippen LogP contribution in [-0.2, 0) is 13.5 Å². The summed E-state index contributed by atoms with van der Waals surface area (Å²) in [5.41, 5.74) is 1.67. The van der Waals surface area contributed by atoms with Gasteiger partial charge in [-0.3, -0.25) is 4.57 Å². The van der Waals surface area contributed by atoms with Crippen molar-refractivity contribution < 1.29 is 14.9 Å². The summed E-state index contributed by atoms with van der Waals surface area (Å²) in [7, 11) is 1.60. The fourth-order valence-corrected chi connectivity index (χ4v) is 1.95. The van der Waals surface area contributed by atoms with E-state index in [9.17, 15) is 10.2 Å². The Labute approximate surface area is 106 Å². The summed E-state index contributed by atoms with van der Waals surface area (Å²) in [6.45, 7) is 2.29. The maximum Gasteiger partial charge on any atom is 0.237 e. The molecule has 0 radical (unpaired) electrons. The van der Waals surface area contributed by atoms with E-state index < -0.39 is 0 Å². The summed E-state index contributed by atoms with van der Waals surface area (Å²) in [6.07, 6.45) is 0.524. The topological polar surface area (TPSA) is 54.6 Å². The molecule has 0 unspecified atom stereocenters. The van der Waals surface area contributed by atoms with Crippen molar-refractivity contribution in [3.05, 3.63) is 41.5 Å². The maximum absolute atomic E-state index is 10.0. The highest BCUT2D eigenvalue weighted by Crippen LogP contribution is 2.40. The Morgan fingerprint density at radius 1 is 1.11 bits per heavy atom. The summed E-state index contributed by atoms with van der Waals surface area (Å²) in [4.78, 5) is 0. The molecule has 0 atom stereocenters. The number of aromatic nitrogens is 1. The van der Waals surface area contributed by atoms with Crippen LogP contribution < -0.4 is 4.74 Å². The van der Waals surface area contributed by atoms with E-state index in [2.05, 4.69) is 0 Å². The normalized spacial score (nSPS) is 10.6. The molecule has 0 aliphatic carbocycles. The van der Waals surface area contributed by atoms with Crippen molar-refractivity contribution >= 4 is 0 Å². The molecule has 2 N–H and O–H groups in total. The van der Waals surface area contributed by atoms with Crippen LogP contribution in [0.4, 0.5) is 0 Å². The van der Waals surface area contributed by atoms with E-state index >= 15 is 0 Å². The van der Waals surface area contributed by atoms with Gasteiger partial charge in [0.1, 0.15) is 0 Å². The fourth-order valence-electron chi connectivity index (χ4n) is 1.95. The van der Waals surface area contributed by atoms with Gasteiger partial charge < -0.3 is 14.9 Å². The Morgan fingerprint density at radius 2 is 1.78 bits per heavy atom. The van der Waals surface area contributed by atoms with Crippen molar-refractivity contribution in [2.24, 2.45) is 7.05 Å². The second-order valence-electron chi connectivity index (χ2n) is 4.11. The van der Waals surface area contributed by atoms with Crippen LogP contribution in [-0.4, -0.2) is 21.4 Å². The van der Waals surface area contributed by atoms with Crippen LogP contribution >= 0.6 is 0 Å². The third-order valence-corrected chi connectivity index (χ3v) is 2.89. The predicted octanol–water partition coefficient (Wildman–Crippen LogP) is 2.43. The Balaban J connectivity index is 2.40. The van der Waals surface area contributed by atoms with Crippen LogP contribution in [0, 0.1) is 0 Å². The maximum atomic E-state index is 10.0. The largest absolute Gasteiger partial charge is 0.494 e. The Hall–Kier alpha value is -2.10. The fraction of sp³-hybridized carbons (Fsp3) is 0.286. The quantitative estimate of drug-likeness (QED) is 0.872. The Bertz CT molecular complexity index is 532. The highest BCUT2D eigenvalue weighted by Gasteiger charge is 2.21. The van der Waals surface area contributed by atoms with E-state index in [1.54, 1.807) is 7.05 Å². The van der Waals surface area contributed by atoms with Gasteiger partial charge in [-0.25, -0.2) is 0 Å². The van der Waals surface area contributed by atoms with E-state index in [0.717, 1.165) is 5.56 Å². The molecule has 0 aliphatic heterocycles. The van der Waals surface area contributed by atoms with E-state index in [-0.39, 0.29) is 11.8 Å². The Kier molecular flexibility index (Phi) is 3.46. The predicted molar refractivity (Wildman–Crippen MR) is 69.2 cm³/mol. The second kappa shape index (κ2) is 5.04. The highest BCUT2D eigenvalue weighted by molar-refractivity contribution is 5.52. The molecule has 2 rings (SSSR count). The average molecular weight is 247 g/mol. The van der Waals surface area contributed by atoms with Crippen LogP contribution in [0.5, 0.6) is 17.5 Å². The zero-order valence-electron chi connectivity index (χ0n) is 10.6. The number of benzene rings is 1. The van der Waals surface area contributed by atoms with Crippen LogP contribution in [0.3, 0.4) is 0 Å². The van der Waals surface area contributed by atoms with E-state index in [1.165, 1.54) is 4.57 Å². The SMILES string of the molecule is CCOc1c(Cc2ccccc2)c(O)n(C)c1O. The third-order valence-electron chi connectivity index (χ3n) is 2.89. The highest BCUT2D eigenvalue weighted by atomic mass is 16.5. The van der Waals surface area contributed by atoms with Crippen LogP contribution in [0.2, 0.25) is 0 Å². The molecule has 0 aliphatic rings. The second-order valence-corrected chi connectivity index (χ2v) is 4.11. The van der Waals surface area contributed by atoms with Crippen molar-refractivity contribution in [3.63, 3.8) is 0 Å². The van der Waals surface area contributed by atoms with E-state index in [4.69, 9.17) is 4.74 Å². The van der Waals surface area contributed by atoms with Gasteiger partial charge >= 0.3 is 0 Å². The summed E-state index contributed by atoms with van der Waals surface area (Å²) in [5.74, 6) is 0.362. The molecule has 0 amide bonds. The van der Waals surface area contributed by atoms with Gasteiger partial charge in [0.2, 0.25) is 11.8 Å². The monoisotopic (exact) mass is 247 g/mol. The zero-order chi connectivity index (χ0) is 13.1. The van der Waals surface area contributed by atoms with Crippen molar-refractivity contribution in [2.75, 3.05) is 6.61 Å². The molecular formula is C14H17NO3. The number of hydrogen-bond donors (Lipinski definition) is 2. The molecular weight excluding hydrogens is 230 g/mol. The summed E-state index contributed by atoms with van der Waals surface area (Å²) in [6, 6.07) is 9.76. The molecule has 1 aromatic carbocycles. The lowest BCUT2D eigenvalue weighted by molar-refractivity contribution is 0.309. The van der Waals surface area contributed by atoms with Gasteiger partial charge in [-0.2, -0.15) is 0 Å². The summed E-state index contributed by atoms with van der Waals surface area (Å²) < 4.78 is 6.73. The van der Waals surface area contributed by atoms with Gasteiger partial charge in [0, 0.05) is 13.5 Å². The van der Waals surface area contributed by atoms with Gasteiger partial charge in [0.25, 0.3) is 0 Å². The lowest BCUT2D eigenvalue weighted by Crippen LogP contribution is -1.95. The van der Waals surface area contributed by atoms with E-state index in [1.807, 2.05) is 37.3 Å². The lowest BCUT2D eigenvalue weighted by atomic mass is 10.1. The smallest absolute Gasteiger partial charge is 0.237 e. The van der Waals surface area contributed by atoms with Gasteiger partial charge in [-0.05, 0) is 12.5 Å². The average Bonchev–Trinajstić information content (AvgIpc) is 2.58. The zero-order valence-corrected chi connectivity index (χ0v) is 10.6. The molecule has 0 saturated carbocycles. The minimum absolute atomic E-state index is 0.0414. The third kappa shape index (κ3) is 2.14. The van der Waals surface area contributed by atoms with Gasteiger partial charge in [0.05, 0.1) is 12.2 Å². The van der Waals surface area contributed by atoms with Crippen LogP contribution in [0.25, 0.3) is 0 Å². The van der Waals surface area contributed by atoms with Crippen molar-refractivity contribution in [1.82, 2.24) is 4.57 Å². The Morgan fingerprint density at radius 3 is 2.39 bits per heavy atom. The van der Waals surface area contributed by atoms with Gasteiger partial charge in [-0.15, -0.1) is 0 Å². The van der Waals surface area contributed by atoms with Crippen molar-refractivity contribution in [1.29, 1.82) is 0 Å². The number of aromatic hydroxyl groups is 2. The molecule has 0 spiro atoms.